The molecule has 0 unspecified atom stereocenters. The Labute approximate surface area is 227 Å². The fraction of sp³-hybridized carbons (Fsp3) is 0.156. The van der Waals surface area contributed by atoms with E-state index in [0.717, 1.165) is 62.1 Å². The lowest BCUT2D eigenvalue weighted by Gasteiger charge is -2.13. The van der Waals surface area contributed by atoms with Crippen LogP contribution in [-0.2, 0) is 0 Å². The molecular weight excluding hydrogens is 487 g/mol. The van der Waals surface area contributed by atoms with E-state index >= 15 is 0 Å². The predicted molar refractivity (Wildman–Crippen MR) is 158 cm³/mol. The average molecular weight is 519 g/mol. The highest BCUT2D eigenvalue weighted by molar-refractivity contribution is 5.97. The van der Waals surface area contributed by atoms with E-state index in [0.29, 0.717) is 17.4 Å². The molecule has 0 radical (unpaired) electrons. The Morgan fingerprint density at radius 1 is 1.13 bits per heavy atom. The van der Waals surface area contributed by atoms with Crippen molar-refractivity contribution in [2.75, 3.05) is 0 Å². The van der Waals surface area contributed by atoms with Gasteiger partial charge in [-0.1, -0.05) is 57.3 Å². The Balaban J connectivity index is 1.53. The first-order valence-corrected chi connectivity index (χ1v) is 12.9. The number of allylic oxidation sites excluding steroid dienone is 5. The number of rotatable bonds is 9. The number of aromatic nitrogens is 5. The number of benzene rings is 2. The predicted octanol–water partition coefficient (Wildman–Crippen LogP) is 7.93. The van der Waals surface area contributed by atoms with Crippen molar-refractivity contribution in [3.8, 4) is 22.6 Å². The maximum Gasteiger partial charge on any atom is 0.159 e. The summed E-state index contributed by atoms with van der Waals surface area (Å²) in [6.45, 7) is 14.4. The first-order chi connectivity index (χ1) is 18.9. The molecule has 0 amide bonds. The average Bonchev–Trinajstić information content (AvgIpc) is 3.54. The Bertz CT molecular complexity index is 1750. The Morgan fingerprint density at radius 3 is 2.69 bits per heavy atom. The van der Waals surface area contributed by atoms with E-state index in [1.807, 2.05) is 49.4 Å². The molecule has 3 heterocycles. The molecule has 39 heavy (non-hydrogen) atoms. The number of imidazole rings is 1. The van der Waals surface area contributed by atoms with Gasteiger partial charge in [0.15, 0.2) is 5.82 Å². The van der Waals surface area contributed by atoms with Crippen molar-refractivity contribution in [3.63, 3.8) is 0 Å². The topological polar surface area (TPSA) is 82.3 Å². The van der Waals surface area contributed by atoms with E-state index in [1.165, 1.54) is 12.1 Å². The summed E-state index contributed by atoms with van der Waals surface area (Å²) < 4.78 is 13.9. The molecule has 5 aromatic rings. The van der Waals surface area contributed by atoms with Crippen LogP contribution in [0.1, 0.15) is 32.9 Å². The molecule has 0 aliphatic heterocycles. The van der Waals surface area contributed by atoms with Crippen molar-refractivity contribution >= 4 is 27.5 Å². The molecule has 0 saturated carbocycles. The van der Waals surface area contributed by atoms with Crippen molar-refractivity contribution in [1.29, 1.82) is 0 Å². The number of H-pyrrole nitrogens is 2. The van der Waals surface area contributed by atoms with Gasteiger partial charge < -0.3 is 10.3 Å². The van der Waals surface area contributed by atoms with Crippen molar-refractivity contribution in [1.82, 2.24) is 30.5 Å². The molecule has 2 aromatic carbocycles. The van der Waals surface area contributed by atoms with Crippen LogP contribution in [0.15, 0.2) is 97.5 Å². The third-order valence-corrected chi connectivity index (χ3v) is 6.43. The molecule has 5 rings (SSSR count). The van der Waals surface area contributed by atoms with Gasteiger partial charge in [-0.2, -0.15) is 5.10 Å². The number of hydrogen-bond donors (Lipinski definition) is 3. The van der Waals surface area contributed by atoms with Gasteiger partial charge in [0.1, 0.15) is 11.5 Å². The van der Waals surface area contributed by atoms with Gasteiger partial charge in [-0.25, -0.2) is 9.37 Å². The fourth-order valence-electron chi connectivity index (χ4n) is 4.66. The minimum atomic E-state index is -0.286. The molecule has 3 N–H and O–H groups in total. The van der Waals surface area contributed by atoms with Crippen LogP contribution in [0.4, 0.5) is 4.39 Å². The van der Waals surface area contributed by atoms with Crippen molar-refractivity contribution in [2.45, 2.75) is 27.2 Å². The van der Waals surface area contributed by atoms with E-state index in [1.54, 1.807) is 18.3 Å². The van der Waals surface area contributed by atoms with Crippen LogP contribution in [-0.4, -0.2) is 25.1 Å². The highest BCUT2D eigenvalue weighted by Crippen LogP contribution is 2.32. The molecule has 0 bridgehead atoms. The van der Waals surface area contributed by atoms with Crippen LogP contribution in [0.5, 0.6) is 0 Å². The summed E-state index contributed by atoms with van der Waals surface area (Å²) >= 11 is 0. The number of halogens is 1. The van der Waals surface area contributed by atoms with E-state index in [9.17, 15) is 4.39 Å². The second-order valence-electron chi connectivity index (χ2n) is 9.86. The van der Waals surface area contributed by atoms with E-state index in [-0.39, 0.29) is 5.82 Å². The molecule has 0 aliphatic carbocycles. The van der Waals surface area contributed by atoms with Crippen LogP contribution in [0.3, 0.4) is 0 Å². The smallest absolute Gasteiger partial charge is 0.159 e. The number of aromatic amines is 2. The largest absolute Gasteiger partial charge is 0.359 e. The highest BCUT2D eigenvalue weighted by Gasteiger charge is 2.16. The lowest BCUT2D eigenvalue weighted by Crippen LogP contribution is -2.12. The van der Waals surface area contributed by atoms with Crippen molar-refractivity contribution in [2.24, 2.45) is 5.92 Å². The molecule has 0 spiro atoms. The fourth-order valence-corrected chi connectivity index (χ4v) is 4.66. The van der Waals surface area contributed by atoms with Crippen LogP contribution in [0.25, 0.3) is 50.2 Å². The third kappa shape index (κ3) is 5.43. The summed E-state index contributed by atoms with van der Waals surface area (Å²) in [7, 11) is 0. The molecule has 7 heteroatoms. The maximum absolute atomic E-state index is 13.9. The first kappa shape index (κ1) is 25.9. The van der Waals surface area contributed by atoms with Gasteiger partial charge in [-0.15, -0.1) is 0 Å². The van der Waals surface area contributed by atoms with Crippen molar-refractivity contribution in [3.05, 3.63) is 109 Å². The number of nitrogens with zero attached hydrogens (tertiary/aromatic N) is 3. The maximum atomic E-state index is 13.9. The number of hydrogen-bond acceptors (Lipinski definition) is 4. The minimum absolute atomic E-state index is 0.286. The SMILES string of the molecule is C=C/C(=C\C(=C/C)c1cc2c(-c3nc4c(-c5cccc(F)c5)cccc4[nH]3)n[nH]c2cn1)NC(=C)CC(C)C. The molecule has 0 fully saturated rings. The molecule has 6 nitrogen and oxygen atoms in total. The standard InChI is InChI=1S/C32H31FN6/c1-6-21(16-24(7-2)35-20(5)14-19(3)4)28-17-26-29(18-34-28)38-39-31(26)32-36-27-13-9-12-25(30(27)37-32)22-10-8-11-23(33)15-22/h6-13,15-19,35H,2,5,14H2,1,3-4H3,(H,36,37)(H,38,39)/b21-6+,24-16+. The Kier molecular flexibility index (Phi) is 7.23. The summed E-state index contributed by atoms with van der Waals surface area (Å²) in [6.07, 6.45) is 8.45. The van der Waals surface area contributed by atoms with Crippen LogP contribution >= 0.6 is 0 Å². The van der Waals surface area contributed by atoms with Gasteiger partial charge in [0.25, 0.3) is 0 Å². The summed E-state index contributed by atoms with van der Waals surface area (Å²) in [5.41, 5.74) is 8.21. The van der Waals surface area contributed by atoms with Gasteiger partial charge in [0.05, 0.1) is 28.4 Å². The molecule has 196 valence electrons. The zero-order chi connectivity index (χ0) is 27.5. The number of para-hydroxylation sites is 1. The van der Waals surface area contributed by atoms with E-state index < -0.39 is 0 Å². The molecule has 0 atom stereocenters. The monoisotopic (exact) mass is 518 g/mol. The lowest BCUT2D eigenvalue weighted by molar-refractivity contribution is 0.622. The minimum Gasteiger partial charge on any atom is -0.359 e. The van der Waals surface area contributed by atoms with Gasteiger partial charge in [0, 0.05) is 22.3 Å². The van der Waals surface area contributed by atoms with Crippen molar-refractivity contribution < 1.29 is 4.39 Å². The van der Waals surface area contributed by atoms with Crippen LogP contribution in [0, 0.1) is 11.7 Å². The summed E-state index contributed by atoms with van der Waals surface area (Å²) in [5, 5.41) is 11.9. The van der Waals surface area contributed by atoms with Gasteiger partial charge >= 0.3 is 0 Å². The third-order valence-electron chi connectivity index (χ3n) is 6.43. The van der Waals surface area contributed by atoms with E-state index in [4.69, 9.17) is 4.98 Å². The second-order valence-corrected chi connectivity index (χ2v) is 9.86. The van der Waals surface area contributed by atoms with Crippen LogP contribution < -0.4 is 5.32 Å². The first-order valence-electron chi connectivity index (χ1n) is 12.9. The molecular formula is C32H31FN6. The quantitative estimate of drug-likeness (QED) is 0.173. The normalized spacial score (nSPS) is 12.4. The second kappa shape index (κ2) is 10.9. The van der Waals surface area contributed by atoms with Gasteiger partial charge in [-0.3, -0.25) is 10.1 Å². The number of pyridine rings is 1. The Hall–Kier alpha value is -4.78. The molecule has 0 aliphatic rings. The van der Waals surface area contributed by atoms with Gasteiger partial charge in [-0.05, 0) is 66.8 Å². The highest BCUT2D eigenvalue weighted by atomic mass is 19.1. The number of fused-ring (bicyclic) bond motifs is 2. The van der Waals surface area contributed by atoms with E-state index in [2.05, 4.69) is 52.5 Å². The molecule has 3 aromatic heterocycles. The zero-order valence-electron chi connectivity index (χ0n) is 22.3. The van der Waals surface area contributed by atoms with Crippen LogP contribution in [0.2, 0.25) is 0 Å². The summed E-state index contributed by atoms with van der Waals surface area (Å²) in [6, 6.07) is 14.4. The zero-order valence-corrected chi connectivity index (χ0v) is 22.3. The summed E-state index contributed by atoms with van der Waals surface area (Å²) in [4.78, 5) is 12.9. The molecule has 0 saturated heterocycles. The van der Waals surface area contributed by atoms with Gasteiger partial charge in [0.2, 0.25) is 0 Å². The number of nitrogens with one attached hydrogen (secondary N) is 3. The lowest BCUT2D eigenvalue weighted by atomic mass is 10.0. The summed E-state index contributed by atoms with van der Waals surface area (Å²) in [5.74, 6) is 0.837. The Morgan fingerprint density at radius 2 is 1.95 bits per heavy atom.